The van der Waals surface area contributed by atoms with Crippen molar-refractivity contribution in [3.05, 3.63) is 81.3 Å². The number of benzene rings is 2. The van der Waals surface area contributed by atoms with E-state index in [0.717, 1.165) is 12.8 Å². The van der Waals surface area contributed by atoms with E-state index in [4.69, 9.17) is 16.6 Å². The van der Waals surface area contributed by atoms with Crippen LogP contribution < -0.4 is 11.0 Å². The highest BCUT2D eigenvalue weighted by atomic mass is 35.5. The number of hydrogen-bond acceptors (Lipinski definition) is 7. The van der Waals surface area contributed by atoms with Gasteiger partial charge in [0.1, 0.15) is 17.8 Å². The van der Waals surface area contributed by atoms with Gasteiger partial charge in [0.05, 0.1) is 28.3 Å². The molecule has 2 aliphatic heterocycles. The fourth-order valence-corrected chi connectivity index (χ4v) is 8.47. The normalized spacial score (nSPS) is 23.8. The first-order valence-electron chi connectivity index (χ1n) is 15.8. The van der Waals surface area contributed by atoms with Crippen LogP contribution in [-0.4, -0.2) is 41.7 Å². The van der Waals surface area contributed by atoms with Crippen molar-refractivity contribution in [1.82, 2.24) is 29.8 Å². The van der Waals surface area contributed by atoms with Crippen LogP contribution in [0.3, 0.4) is 0 Å². The van der Waals surface area contributed by atoms with E-state index in [-0.39, 0.29) is 34.7 Å². The highest BCUT2D eigenvalue weighted by Gasteiger charge is 2.61. The summed E-state index contributed by atoms with van der Waals surface area (Å²) < 4.78 is 18.9. The topological polar surface area (TPSA) is 106 Å². The van der Waals surface area contributed by atoms with Crippen molar-refractivity contribution in [2.75, 3.05) is 0 Å². The van der Waals surface area contributed by atoms with Crippen molar-refractivity contribution in [3.63, 3.8) is 0 Å². The second-order valence-corrected chi connectivity index (χ2v) is 13.9. The molecule has 230 valence electrons. The minimum absolute atomic E-state index is 0.00946. The molecule has 2 aromatic carbocycles. The van der Waals surface area contributed by atoms with E-state index in [9.17, 15) is 9.90 Å². The third kappa shape index (κ3) is 4.31. The number of phenols is 1. The van der Waals surface area contributed by atoms with E-state index in [1.54, 1.807) is 24.4 Å². The third-order valence-electron chi connectivity index (χ3n) is 10.1. The zero-order chi connectivity index (χ0) is 31.3. The van der Waals surface area contributed by atoms with Crippen molar-refractivity contribution in [2.45, 2.75) is 76.8 Å². The van der Waals surface area contributed by atoms with Gasteiger partial charge in [0.2, 0.25) is 0 Å². The fourth-order valence-electron chi connectivity index (χ4n) is 8.18. The van der Waals surface area contributed by atoms with Gasteiger partial charge in [-0.1, -0.05) is 51.4 Å². The van der Waals surface area contributed by atoms with Gasteiger partial charge in [0.25, 0.3) is 0 Å². The maximum atomic E-state index is 17.5. The average molecular weight is 625 g/mol. The summed E-state index contributed by atoms with van der Waals surface area (Å²) >= 11 is 6.65. The molecule has 8 nitrogen and oxygen atoms in total. The number of nitrogens with zero attached hydrogens (tertiary/aromatic N) is 5. The van der Waals surface area contributed by atoms with Gasteiger partial charge >= 0.3 is 5.69 Å². The Kier molecular flexibility index (Phi) is 6.52. The smallest absolute Gasteiger partial charge is 0.353 e. The Labute approximate surface area is 264 Å². The van der Waals surface area contributed by atoms with Crippen molar-refractivity contribution in [2.24, 2.45) is 11.8 Å². The molecular weight excluding hydrogens is 591 g/mol. The number of halogens is 2. The fraction of sp³-hybridized carbons (Fsp3) is 0.400. The van der Waals surface area contributed by atoms with Gasteiger partial charge < -0.3 is 10.4 Å². The largest absolute Gasteiger partial charge is 0.508 e. The lowest BCUT2D eigenvalue weighted by Gasteiger charge is -2.22. The van der Waals surface area contributed by atoms with E-state index < -0.39 is 11.5 Å². The van der Waals surface area contributed by atoms with Crippen molar-refractivity contribution in [1.29, 1.82) is 0 Å². The average Bonchev–Trinajstić information content (AvgIpc) is 3.60. The second kappa shape index (κ2) is 10.3. The lowest BCUT2D eigenvalue weighted by molar-refractivity contribution is 0.387. The molecule has 10 heteroatoms. The van der Waals surface area contributed by atoms with Gasteiger partial charge in [-0.25, -0.2) is 19.2 Å². The van der Waals surface area contributed by atoms with E-state index in [1.165, 1.54) is 23.4 Å². The Bertz CT molecular complexity index is 2070. The van der Waals surface area contributed by atoms with Gasteiger partial charge in [-0.3, -0.25) is 9.55 Å². The molecule has 8 rings (SSSR count). The van der Waals surface area contributed by atoms with Crippen molar-refractivity contribution < 1.29 is 9.50 Å². The molecule has 1 saturated carbocycles. The van der Waals surface area contributed by atoms with Crippen LogP contribution in [-0.2, 0) is 0 Å². The molecule has 5 aromatic rings. The number of phenolic OH excluding ortho intramolecular Hbond substituents is 1. The number of nitrogens with one attached hydrogen (secondary N) is 1. The first-order chi connectivity index (χ1) is 21.6. The second-order valence-electron chi connectivity index (χ2n) is 13.5. The molecule has 3 fully saturated rings. The van der Waals surface area contributed by atoms with E-state index in [1.807, 2.05) is 33.8 Å². The molecule has 0 radical (unpaired) electrons. The van der Waals surface area contributed by atoms with Crippen LogP contribution in [0.25, 0.3) is 38.6 Å². The Morgan fingerprint density at radius 2 is 1.82 bits per heavy atom. The van der Waals surface area contributed by atoms with Gasteiger partial charge in [0.15, 0.2) is 5.82 Å². The summed E-state index contributed by atoms with van der Waals surface area (Å²) in [5, 5.41) is 16.5. The van der Waals surface area contributed by atoms with Crippen LogP contribution in [0.4, 0.5) is 4.39 Å². The molecule has 3 aliphatic rings. The standard InChI is InChI=1S/C35H34ClFN6O2/c1-15(2)29-34(30(16(3)4)40-14-39-29)43-33-22(31(42-35(43)45)27-20-11-18-8-9-24(41-18)26(20)27)13-38-32(28(33)37)21-12-19(44)10-17-6-5-7-23(36)25(17)21/h5-7,10,12-16,18,20,24,26-27,41,44H,8-9,11H2,1-4H3/t18?,20-,24?,26?,27?/m0/s1. The minimum Gasteiger partial charge on any atom is -0.508 e. The van der Waals surface area contributed by atoms with E-state index in [0.29, 0.717) is 73.4 Å². The molecule has 1 aliphatic carbocycles. The monoisotopic (exact) mass is 624 g/mol. The van der Waals surface area contributed by atoms with Crippen molar-refractivity contribution >= 4 is 33.3 Å². The summed E-state index contributed by atoms with van der Waals surface area (Å²) in [5.41, 5.74) is 2.21. The predicted octanol–water partition coefficient (Wildman–Crippen LogP) is 6.99. The van der Waals surface area contributed by atoms with Gasteiger partial charge in [-0.05, 0) is 66.5 Å². The quantitative estimate of drug-likeness (QED) is 0.217. The Morgan fingerprint density at radius 1 is 1.07 bits per heavy atom. The van der Waals surface area contributed by atoms with Crippen LogP contribution >= 0.6 is 11.6 Å². The summed E-state index contributed by atoms with van der Waals surface area (Å²) in [6.07, 6.45) is 6.45. The van der Waals surface area contributed by atoms with Crippen molar-refractivity contribution in [3.8, 4) is 22.7 Å². The zero-order valence-electron chi connectivity index (χ0n) is 25.6. The molecule has 5 atom stereocenters. The summed E-state index contributed by atoms with van der Waals surface area (Å²) in [4.78, 5) is 32.9. The SMILES string of the molecule is CC(C)c1ncnc(C(C)C)c1-n1c(=O)nc(C2C3C4CCC(C[C@H]23)N4)c2cnc(-c3cc(O)cc4cccc(Cl)c34)c(F)c21. The van der Waals surface area contributed by atoms with E-state index >= 15 is 4.39 Å². The number of piperidine rings is 1. The van der Waals surface area contributed by atoms with Crippen LogP contribution in [0.1, 0.15) is 81.8 Å². The summed E-state index contributed by atoms with van der Waals surface area (Å²) in [5.74, 6) is -0.0494. The Balaban J connectivity index is 1.47. The van der Waals surface area contributed by atoms with E-state index in [2.05, 4.69) is 20.3 Å². The van der Waals surface area contributed by atoms with Gasteiger partial charge in [-0.15, -0.1) is 0 Å². The molecule has 0 spiro atoms. The molecule has 45 heavy (non-hydrogen) atoms. The van der Waals surface area contributed by atoms with Crippen LogP contribution in [0, 0.1) is 17.7 Å². The molecule has 4 unspecified atom stereocenters. The number of hydrogen-bond donors (Lipinski definition) is 2. The van der Waals surface area contributed by atoms with Crippen LogP contribution in [0.5, 0.6) is 5.75 Å². The number of rotatable bonds is 5. The molecule has 2 saturated heterocycles. The minimum atomic E-state index is -0.684. The maximum absolute atomic E-state index is 17.5. The molecule has 3 aromatic heterocycles. The van der Waals surface area contributed by atoms with Crippen LogP contribution in [0.2, 0.25) is 5.02 Å². The summed E-state index contributed by atoms with van der Waals surface area (Å²) in [6.45, 7) is 7.97. The number of pyridine rings is 1. The number of aromatic nitrogens is 5. The number of aromatic hydroxyl groups is 1. The summed E-state index contributed by atoms with van der Waals surface area (Å²) in [7, 11) is 0. The number of fused-ring (bicyclic) bond motifs is 6. The zero-order valence-corrected chi connectivity index (χ0v) is 26.3. The first-order valence-corrected chi connectivity index (χ1v) is 16.2. The molecular formula is C35H34ClFN6O2. The molecule has 2 bridgehead atoms. The Hall–Kier alpha value is -3.95. The highest BCUT2D eigenvalue weighted by Crippen LogP contribution is 2.63. The predicted molar refractivity (Wildman–Crippen MR) is 173 cm³/mol. The lowest BCUT2D eigenvalue weighted by Crippen LogP contribution is -2.35. The van der Waals surface area contributed by atoms with Gasteiger partial charge in [-0.2, -0.15) is 4.98 Å². The summed E-state index contributed by atoms with van der Waals surface area (Å²) in [6, 6.07) is 9.24. The lowest BCUT2D eigenvalue weighted by atomic mass is 9.98. The van der Waals surface area contributed by atoms with Gasteiger partial charge in [0, 0.05) is 45.6 Å². The first kappa shape index (κ1) is 28.5. The maximum Gasteiger partial charge on any atom is 0.353 e. The molecule has 5 heterocycles. The Morgan fingerprint density at radius 3 is 2.56 bits per heavy atom. The highest BCUT2D eigenvalue weighted by molar-refractivity contribution is 6.36. The molecule has 2 N–H and O–H groups in total. The third-order valence-corrected chi connectivity index (χ3v) is 10.4. The van der Waals surface area contributed by atoms with Crippen LogP contribution in [0.15, 0.2) is 47.7 Å². The molecule has 0 amide bonds.